The lowest BCUT2D eigenvalue weighted by atomic mass is 9.98. The van der Waals surface area contributed by atoms with Gasteiger partial charge in [-0.25, -0.2) is 0 Å². The molecule has 4 aromatic rings. The Morgan fingerprint density at radius 1 is 0.700 bits per heavy atom. The van der Waals surface area contributed by atoms with Crippen LogP contribution in [0.25, 0.3) is 34.2 Å². The zero-order chi connectivity index (χ0) is 22.5. The lowest BCUT2D eigenvalue weighted by Crippen LogP contribution is -2.23. The summed E-state index contributed by atoms with van der Waals surface area (Å²) in [7, 11) is 1.50. The second-order valence-electron chi connectivity index (χ2n) is 6.35. The van der Waals surface area contributed by atoms with E-state index >= 15 is 0 Å². The van der Waals surface area contributed by atoms with Gasteiger partial charge >= 0.3 is 0 Å². The maximum absolute atomic E-state index is 4.50. The van der Waals surface area contributed by atoms with Gasteiger partial charge in [0.25, 0.3) is 0 Å². The van der Waals surface area contributed by atoms with Crippen LogP contribution in [-0.4, -0.2) is 7.05 Å². The molecule has 0 unspecified atom stereocenters. The van der Waals surface area contributed by atoms with Gasteiger partial charge in [0.2, 0.25) is 0 Å². The van der Waals surface area contributed by atoms with Crippen molar-refractivity contribution in [3.05, 3.63) is 94.4 Å². The van der Waals surface area contributed by atoms with Crippen LogP contribution in [-0.2, 0) is 6.42 Å². The molecule has 1 nitrogen and oxygen atoms in total. The Hall–Kier alpha value is -2.90. The molecule has 0 aliphatic heterocycles. The third-order valence-corrected chi connectivity index (χ3v) is 4.85. The van der Waals surface area contributed by atoms with E-state index in [0.717, 1.165) is 11.6 Å². The first-order valence-electron chi connectivity index (χ1n) is 11.0. The van der Waals surface area contributed by atoms with Crippen LogP contribution in [0.15, 0.2) is 72.8 Å². The van der Waals surface area contributed by atoms with Crippen LogP contribution in [0.4, 0.5) is 0 Å². The SMILES string of the molecule is C=c1ccc2c(ccc3ccccc32)/c1=C/Cc1ccccc1C.CC.CC.CN. The van der Waals surface area contributed by atoms with Crippen LogP contribution in [0, 0.1) is 6.92 Å². The monoisotopic (exact) mass is 399 g/mol. The summed E-state index contributed by atoms with van der Waals surface area (Å²) >= 11 is 0. The molecule has 0 atom stereocenters. The first-order chi connectivity index (χ1) is 14.7. The van der Waals surface area contributed by atoms with E-state index in [1.54, 1.807) is 0 Å². The fourth-order valence-corrected chi connectivity index (χ4v) is 3.45. The number of hydrogen-bond donors (Lipinski definition) is 1. The van der Waals surface area contributed by atoms with Gasteiger partial charge in [0, 0.05) is 0 Å². The summed E-state index contributed by atoms with van der Waals surface area (Å²) in [6.45, 7) is 14.4. The van der Waals surface area contributed by atoms with Crippen molar-refractivity contribution in [3.63, 3.8) is 0 Å². The van der Waals surface area contributed by atoms with Crippen molar-refractivity contribution in [1.82, 2.24) is 0 Å². The van der Waals surface area contributed by atoms with Gasteiger partial charge in [0.15, 0.2) is 0 Å². The van der Waals surface area contributed by atoms with Crippen molar-refractivity contribution < 1.29 is 0 Å². The molecular formula is C29H37N. The molecule has 0 aromatic heterocycles. The van der Waals surface area contributed by atoms with Crippen LogP contribution in [0.5, 0.6) is 0 Å². The largest absolute Gasteiger partial charge is 0.333 e. The molecule has 2 N–H and O–H groups in total. The number of fused-ring (bicyclic) bond motifs is 3. The summed E-state index contributed by atoms with van der Waals surface area (Å²) in [5.74, 6) is 0. The Labute approximate surface area is 182 Å². The average molecular weight is 400 g/mol. The molecule has 0 aliphatic carbocycles. The summed E-state index contributed by atoms with van der Waals surface area (Å²) in [5, 5.41) is 7.52. The molecule has 0 amide bonds. The molecule has 0 fully saturated rings. The highest BCUT2D eigenvalue weighted by Gasteiger charge is 2.02. The van der Waals surface area contributed by atoms with Gasteiger partial charge < -0.3 is 5.73 Å². The van der Waals surface area contributed by atoms with E-state index in [1.807, 2.05) is 27.7 Å². The van der Waals surface area contributed by atoms with Gasteiger partial charge in [-0.1, -0.05) is 113 Å². The number of benzene rings is 4. The molecule has 4 rings (SSSR count). The van der Waals surface area contributed by atoms with Gasteiger partial charge in [-0.2, -0.15) is 0 Å². The van der Waals surface area contributed by atoms with Gasteiger partial charge in [0.1, 0.15) is 0 Å². The maximum Gasteiger partial charge on any atom is -0.00854 e. The Balaban J connectivity index is 0.000000691. The predicted molar refractivity (Wildman–Crippen MR) is 138 cm³/mol. The molecule has 0 heterocycles. The highest BCUT2D eigenvalue weighted by molar-refractivity contribution is 6.07. The molecular weight excluding hydrogens is 362 g/mol. The van der Waals surface area contributed by atoms with Crippen molar-refractivity contribution in [2.75, 3.05) is 7.05 Å². The van der Waals surface area contributed by atoms with Crippen LogP contribution in [0.1, 0.15) is 38.8 Å². The smallest absolute Gasteiger partial charge is 0.00854 e. The molecule has 0 saturated carbocycles. The zero-order valence-electron chi connectivity index (χ0n) is 19.5. The lowest BCUT2D eigenvalue weighted by molar-refractivity contribution is 1.25. The highest BCUT2D eigenvalue weighted by atomic mass is 14.4. The second-order valence-corrected chi connectivity index (χ2v) is 6.35. The summed E-state index contributed by atoms with van der Waals surface area (Å²) in [4.78, 5) is 0. The molecule has 0 saturated heterocycles. The van der Waals surface area contributed by atoms with Gasteiger partial charge in [-0.3, -0.25) is 0 Å². The lowest BCUT2D eigenvalue weighted by Gasteiger charge is -2.06. The first-order valence-corrected chi connectivity index (χ1v) is 11.0. The molecule has 1 heteroatoms. The maximum atomic E-state index is 4.50. The van der Waals surface area contributed by atoms with Crippen LogP contribution in [0.3, 0.4) is 0 Å². The summed E-state index contributed by atoms with van der Waals surface area (Å²) in [5.41, 5.74) is 7.21. The van der Waals surface area contributed by atoms with E-state index in [0.29, 0.717) is 0 Å². The zero-order valence-corrected chi connectivity index (χ0v) is 19.5. The van der Waals surface area contributed by atoms with E-state index in [4.69, 9.17) is 0 Å². The first kappa shape index (κ1) is 25.1. The number of rotatable bonds is 2. The minimum absolute atomic E-state index is 0.932. The van der Waals surface area contributed by atoms with E-state index < -0.39 is 0 Å². The van der Waals surface area contributed by atoms with Crippen molar-refractivity contribution in [2.45, 2.75) is 41.0 Å². The van der Waals surface area contributed by atoms with Gasteiger partial charge in [-0.05, 0) is 63.5 Å². The van der Waals surface area contributed by atoms with Crippen LogP contribution < -0.4 is 16.2 Å². The Bertz CT molecular complexity index is 1160. The van der Waals surface area contributed by atoms with Gasteiger partial charge in [-0.15, -0.1) is 0 Å². The van der Waals surface area contributed by atoms with Crippen molar-refractivity contribution >= 4 is 34.2 Å². The number of aryl methyl sites for hydroxylation is 1. The third-order valence-electron chi connectivity index (χ3n) is 4.85. The Kier molecular flexibility index (Phi) is 11.2. The van der Waals surface area contributed by atoms with Crippen molar-refractivity contribution in [2.24, 2.45) is 5.73 Å². The van der Waals surface area contributed by atoms with E-state index in [2.05, 4.69) is 98.1 Å². The Morgan fingerprint density at radius 3 is 2.00 bits per heavy atom. The summed E-state index contributed by atoms with van der Waals surface area (Å²) in [6.07, 6.45) is 3.25. The minimum atomic E-state index is 0.932. The van der Waals surface area contributed by atoms with Crippen LogP contribution in [0.2, 0.25) is 0 Å². The normalized spacial score (nSPS) is 10.3. The van der Waals surface area contributed by atoms with Gasteiger partial charge in [0.05, 0.1) is 0 Å². The quantitative estimate of drug-likeness (QED) is 0.390. The molecule has 0 aliphatic rings. The standard InChI is InChI=1S/C24H20.2C2H6.CH5N/c1-17-7-3-4-8-19(17)12-15-21-18(2)11-14-24-22-10-6-5-9-20(22)13-16-23(21)24;3*1-2/h3-11,13-16H,2,12H2,1H3;2*1-2H3;2H2,1H3/b21-15+;;;. The van der Waals surface area contributed by atoms with Crippen molar-refractivity contribution in [1.29, 1.82) is 0 Å². The van der Waals surface area contributed by atoms with E-state index in [1.165, 1.54) is 44.9 Å². The second kappa shape index (κ2) is 13.3. The van der Waals surface area contributed by atoms with Crippen molar-refractivity contribution in [3.8, 4) is 0 Å². The molecule has 0 bridgehead atoms. The summed E-state index contributed by atoms with van der Waals surface area (Å²) in [6, 6.07) is 25.9. The topological polar surface area (TPSA) is 26.0 Å². The fourth-order valence-electron chi connectivity index (χ4n) is 3.45. The highest BCUT2D eigenvalue weighted by Crippen LogP contribution is 2.22. The molecule has 158 valence electrons. The number of hydrogen-bond acceptors (Lipinski definition) is 1. The molecule has 30 heavy (non-hydrogen) atoms. The fraction of sp³-hybridized carbons (Fsp3) is 0.241. The predicted octanol–water partition coefficient (Wildman–Crippen LogP) is 6.36. The summed E-state index contributed by atoms with van der Waals surface area (Å²) < 4.78 is 0. The van der Waals surface area contributed by atoms with E-state index in [-0.39, 0.29) is 0 Å². The molecule has 0 spiro atoms. The van der Waals surface area contributed by atoms with Crippen LogP contribution >= 0.6 is 0 Å². The minimum Gasteiger partial charge on any atom is -0.333 e. The van der Waals surface area contributed by atoms with E-state index in [9.17, 15) is 0 Å². The Morgan fingerprint density at radius 2 is 1.30 bits per heavy atom. The molecule has 0 radical (unpaired) electrons. The molecule has 4 aromatic carbocycles. The number of nitrogens with two attached hydrogens (primary N) is 1. The third kappa shape index (κ3) is 5.81. The average Bonchev–Trinajstić information content (AvgIpc) is 2.83.